The van der Waals surface area contributed by atoms with Crippen molar-refractivity contribution in [1.29, 1.82) is 0 Å². The van der Waals surface area contributed by atoms with E-state index in [1.807, 2.05) is 57.1 Å². The number of rotatable bonds is 8. The van der Waals surface area contributed by atoms with Crippen LogP contribution in [0.15, 0.2) is 36.4 Å². The zero-order chi connectivity index (χ0) is 21.8. The number of anilines is 1. The lowest BCUT2D eigenvalue weighted by molar-refractivity contribution is 0.0986. The maximum Gasteiger partial charge on any atom is 0.260 e. The number of ether oxygens (including phenoxy) is 1. The van der Waals surface area contributed by atoms with Crippen LogP contribution < -0.4 is 9.64 Å². The molecule has 0 unspecified atom stereocenters. The maximum atomic E-state index is 13.4. The highest BCUT2D eigenvalue weighted by atomic mass is 32.1. The van der Waals surface area contributed by atoms with Crippen LogP contribution in [0.25, 0.3) is 10.2 Å². The number of thiazole rings is 1. The summed E-state index contributed by atoms with van der Waals surface area (Å²) in [5, 5.41) is 0.755. The Morgan fingerprint density at radius 1 is 1.07 bits per heavy atom. The van der Waals surface area contributed by atoms with Crippen LogP contribution in [-0.2, 0) is 0 Å². The van der Waals surface area contributed by atoms with Crippen molar-refractivity contribution in [2.45, 2.75) is 40.2 Å². The lowest BCUT2D eigenvalue weighted by Gasteiger charge is -2.21. The predicted octanol–water partition coefficient (Wildman–Crippen LogP) is 5.30. The molecule has 0 saturated heterocycles. The van der Waals surface area contributed by atoms with Crippen LogP contribution in [0.1, 0.15) is 41.8 Å². The molecular formula is C24H31N3O2S. The van der Waals surface area contributed by atoms with Gasteiger partial charge in [0, 0.05) is 12.1 Å². The number of benzene rings is 2. The van der Waals surface area contributed by atoms with Gasteiger partial charge in [0.2, 0.25) is 0 Å². The summed E-state index contributed by atoms with van der Waals surface area (Å²) >= 11 is 1.58. The standard InChI is InChI=1S/C24H31N3O2S/c1-16(2)29-20-11-9-19(10-12-20)23(28)27(15-7-14-26(5)6)24-25-22-18(4)17(3)8-13-21(22)30-24/h8-13,16H,7,14-15H2,1-6H3. The average Bonchev–Trinajstić information content (AvgIpc) is 3.12. The van der Waals surface area contributed by atoms with Gasteiger partial charge in [-0.2, -0.15) is 0 Å². The molecule has 0 aliphatic heterocycles. The normalized spacial score (nSPS) is 11.5. The molecule has 160 valence electrons. The van der Waals surface area contributed by atoms with E-state index in [9.17, 15) is 4.79 Å². The van der Waals surface area contributed by atoms with Crippen molar-refractivity contribution in [2.24, 2.45) is 0 Å². The molecule has 2 aromatic carbocycles. The first-order chi connectivity index (χ1) is 14.3. The summed E-state index contributed by atoms with van der Waals surface area (Å²) in [6.07, 6.45) is 0.977. The quantitative estimate of drug-likeness (QED) is 0.491. The monoisotopic (exact) mass is 425 g/mol. The Kier molecular flexibility index (Phi) is 7.10. The van der Waals surface area contributed by atoms with Gasteiger partial charge < -0.3 is 9.64 Å². The van der Waals surface area contributed by atoms with E-state index in [0.29, 0.717) is 12.1 Å². The highest BCUT2D eigenvalue weighted by molar-refractivity contribution is 7.22. The second-order valence-corrected chi connectivity index (χ2v) is 9.16. The third-order valence-corrected chi connectivity index (χ3v) is 6.05. The Balaban J connectivity index is 1.92. The van der Waals surface area contributed by atoms with Crippen LogP contribution in [0.3, 0.4) is 0 Å². The van der Waals surface area contributed by atoms with E-state index >= 15 is 0 Å². The lowest BCUT2D eigenvalue weighted by Crippen LogP contribution is -2.33. The molecule has 0 radical (unpaired) electrons. The fraction of sp³-hybridized carbons (Fsp3) is 0.417. The third-order valence-electron chi connectivity index (χ3n) is 5.01. The Hall–Kier alpha value is -2.44. The molecule has 0 fully saturated rings. The summed E-state index contributed by atoms with van der Waals surface area (Å²) in [7, 11) is 4.09. The minimum Gasteiger partial charge on any atom is -0.491 e. The van der Waals surface area contributed by atoms with Crippen molar-refractivity contribution in [3.8, 4) is 5.75 Å². The van der Waals surface area contributed by atoms with Crippen molar-refractivity contribution in [3.05, 3.63) is 53.1 Å². The summed E-state index contributed by atoms with van der Waals surface area (Å²) in [6.45, 7) is 9.69. The minimum absolute atomic E-state index is 0.0294. The minimum atomic E-state index is -0.0294. The molecule has 1 amide bonds. The summed E-state index contributed by atoms with van der Waals surface area (Å²) in [6, 6.07) is 11.6. The highest BCUT2D eigenvalue weighted by Gasteiger charge is 2.22. The number of aromatic nitrogens is 1. The zero-order valence-electron chi connectivity index (χ0n) is 18.7. The van der Waals surface area contributed by atoms with Crippen molar-refractivity contribution in [2.75, 3.05) is 32.1 Å². The predicted molar refractivity (Wildman–Crippen MR) is 126 cm³/mol. The van der Waals surface area contributed by atoms with Gasteiger partial charge in [0.1, 0.15) is 5.75 Å². The van der Waals surface area contributed by atoms with E-state index in [-0.39, 0.29) is 12.0 Å². The zero-order valence-corrected chi connectivity index (χ0v) is 19.5. The highest BCUT2D eigenvalue weighted by Crippen LogP contribution is 2.33. The second-order valence-electron chi connectivity index (χ2n) is 8.16. The fourth-order valence-corrected chi connectivity index (χ4v) is 4.31. The maximum absolute atomic E-state index is 13.4. The van der Waals surface area contributed by atoms with Crippen LogP contribution in [0.2, 0.25) is 0 Å². The SMILES string of the molecule is Cc1ccc2sc(N(CCCN(C)C)C(=O)c3ccc(OC(C)C)cc3)nc2c1C. The van der Waals surface area contributed by atoms with Crippen molar-refractivity contribution in [3.63, 3.8) is 0 Å². The Morgan fingerprint density at radius 3 is 2.40 bits per heavy atom. The molecule has 0 spiro atoms. The first kappa shape index (κ1) is 22.2. The number of aryl methyl sites for hydroxylation is 2. The van der Waals surface area contributed by atoms with Crippen LogP contribution in [0.4, 0.5) is 5.13 Å². The van der Waals surface area contributed by atoms with E-state index in [0.717, 1.165) is 34.1 Å². The van der Waals surface area contributed by atoms with Gasteiger partial charge in [-0.05, 0) is 96.2 Å². The van der Waals surface area contributed by atoms with E-state index < -0.39 is 0 Å². The van der Waals surface area contributed by atoms with E-state index in [4.69, 9.17) is 9.72 Å². The molecule has 3 aromatic rings. The number of hydrogen-bond donors (Lipinski definition) is 0. The van der Waals surface area contributed by atoms with Crippen LogP contribution >= 0.6 is 11.3 Å². The van der Waals surface area contributed by atoms with Crippen LogP contribution in [0.5, 0.6) is 5.75 Å². The molecule has 3 rings (SSSR count). The van der Waals surface area contributed by atoms with E-state index in [1.54, 1.807) is 11.3 Å². The molecule has 6 heteroatoms. The van der Waals surface area contributed by atoms with Gasteiger partial charge in [0.25, 0.3) is 5.91 Å². The number of carbonyl (C=O) groups is 1. The topological polar surface area (TPSA) is 45.7 Å². The Bertz CT molecular complexity index is 1010. The number of fused-ring (bicyclic) bond motifs is 1. The van der Waals surface area contributed by atoms with Gasteiger partial charge in [-0.25, -0.2) is 4.98 Å². The molecule has 0 atom stereocenters. The summed E-state index contributed by atoms with van der Waals surface area (Å²) in [5.74, 6) is 0.741. The number of carbonyl (C=O) groups excluding carboxylic acids is 1. The Morgan fingerprint density at radius 2 is 1.77 bits per heavy atom. The number of hydrogen-bond acceptors (Lipinski definition) is 5. The first-order valence-electron chi connectivity index (χ1n) is 10.4. The molecule has 1 aromatic heterocycles. The molecule has 30 heavy (non-hydrogen) atoms. The smallest absolute Gasteiger partial charge is 0.260 e. The summed E-state index contributed by atoms with van der Waals surface area (Å²) in [5.41, 5.74) is 4.01. The molecule has 0 saturated carbocycles. The van der Waals surface area contributed by atoms with Gasteiger partial charge in [-0.15, -0.1) is 0 Å². The molecule has 5 nitrogen and oxygen atoms in total. The van der Waals surface area contributed by atoms with Crippen molar-refractivity contribution in [1.82, 2.24) is 9.88 Å². The lowest BCUT2D eigenvalue weighted by atomic mass is 10.1. The average molecular weight is 426 g/mol. The fourth-order valence-electron chi connectivity index (χ4n) is 3.26. The summed E-state index contributed by atoms with van der Waals surface area (Å²) < 4.78 is 6.82. The van der Waals surface area contributed by atoms with Gasteiger partial charge in [0.05, 0.1) is 16.3 Å². The molecule has 0 aliphatic rings. The molecular weight excluding hydrogens is 394 g/mol. The van der Waals surface area contributed by atoms with Crippen molar-refractivity contribution >= 4 is 32.6 Å². The van der Waals surface area contributed by atoms with Gasteiger partial charge in [-0.3, -0.25) is 9.69 Å². The third kappa shape index (κ3) is 5.18. The largest absolute Gasteiger partial charge is 0.491 e. The number of amides is 1. The van der Waals surface area contributed by atoms with Gasteiger partial charge >= 0.3 is 0 Å². The van der Waals surface area contributed by atoms with Gasteiger partial charge in [-0.1, -0.05) is 17.4 Å². The molecule has 0 aliphatic carbocycles. The van der Waals surface area contributed by atoms with E-state index in [1.165, 1.54) is 11.1 Å². The first-order valence-corrected chi connectivity index (χ1v) is 11.2. The van der Waals surface area contributed by atoms with Gasteiger partial charge in [0.15, 0.2) is 5.13 Å². The number of nitrogens with zero attached hydrogens (tertiary/aromatic N) is 3. The van der Waals surface area contributed by atoms with Crippen LogP contribution in [0, 0.1) is 13.8 Å². The second kappa shape index (κ2) is 9.58. The van der Waals surface area contributed by atoms with Crippen LogP contribution in [-0.4, -0.2) is 49.1 Å². The van der Waals surface area contributed by atoms with E-state index in [2.05, 4.69) is 30.9 Å². The summed E-state index contributed by atoms with van der Waals surface area (Å²) in [4.78, 5) is 22.2. The Labute approximate surface area is 183 Å². The molecule has 0 bridgehead atoms. The molecule has 0 N–H and O–H groups in total. The molecule has 1 heterocycles. The van der Waals surface area contributed by atoms with Crippen molar-refractivity contribution < 1.29 is 9.53 Å².